The van der Waals surface area contributed by atoms with Gasteiger partial charge in [-0.05, 0) is 25.0 Å². The first-order valence-electron chi connectivity index (χ1n) is 5.58. The second kappa shape index (κ2) is 6.76. The van der Waals surface area contributed by atoms with E-state index < -0.39 is 11.9 Å². The summed E-state index contributed by atoms with van der Waals surface area (Å²) >= 11 is 0. The largest absolute Gasteiger partial charge is 0.396 e. The van der Waals surface area contributed by atoms with E-state index in [1.807, 2.05) is 0 Å². The number of aromatic nitrogens is 2. The normalized spacial score (nSPS) is 13.7. The second-order valence-corrected chi connectivity index (χ2v) is 3.91. The van der Waals surface area contributed by atoms with Crippen LogP contribution in [0.4, 0.5) is 5.82 Å². The summed E-state index contributed by atoms with van der Waals surface area (Å²) in [7, 11) is 0. The molecule has 6 nitrogen and oxygen atoms in total. The van der Waals surface area contributed by atoms with E-state index in [1.165, 1.54) is 12.3 Å². The third kappa shape index (κ3) is 3.85. The van der Waals surface area contributed by atoms with Crippen LogP contribution in [0.5, 0.6) is 0 Å². The summed E-state index contributed by atoms with van der Waals surface area (Å²) in [5, 5.41) is 18.9. The number of hydrogen-bond donors (Lipinski definition) is 3. The molecular weight excluding hydrogens is 234 g/mol. The summed E-state index contributed by atoms with van der Waals surface area (Å²) in [4.78, 5) is 15.0. The molecule has 0 spiro atoms. The Hall–Kier alpha value is -1.88. The van der Waals surface area contributed by atoms with Crippen molar-refractivity contribution in [2.45, 2.75) is 19.1 Å². The Morgan fingerprint density at radius 2 is 2.33 bits per heavy atom. The molecule has 1 aromatic rings. The molecule has 0 saturated heterocycles. The van der Waals surface area contributed by atoms with Gasteiger partial charge in [0.15, 0.2) is 0 Å². The molecule has 1 heterocycles. The second-order valence-electron chi connectivity index (χ2n) is 3.91. The predicted octanol–water partition coefficient (Wildman–Crippen LogP) is 0.0462. The van der Waals surface area contributed by atoms with Crippen LogP contribution in [0.2, 0.25) is 0 Å². The number of nitrogens with two attached hydrogens (primary N) is 1. The van der Waals surface area contributed by atoms with Crippen molar-refractivity contribution in [3.8, 4) is 0 Å². The molecule has 0 fully saturated rings. The molecule has 0 amide bonds. The Morgan fingerprint density at radius 3 is 2.89 bits per heavy atom. The van der Waals surface area contributed by atoms with Crippen LogP contribution < -0.4 is 11.4 Å². The Bertz CT molecular complexity index is 492. The van der Waals surface area contributed by atoms with Crippen molar-refractivity contribution in [2.24, 2.45) is 5.92 Å². The Balaban J connectivity index is 2.67. The smallest absolute Gasteiger partial charge is 0.351 e. The maximum Gasteiger partial charge on any atom is 0.351 e. The van der Waals surface area contributed by atoms with Crippen LogP contribution in [0, 0.1) is 5.92 Å². The molecule has 0 radical (unpaired) electrons. The number of nitrogens with zero attached hydrogens (tertiary/aromatic N) is 2. The highest BCUT2D eigenvalue weighted by molar-refractivity contribution is 5.23. The fourth-order valence-corrected chi connectivity index (χ4v) is 1.55. The van der Waals surface area contributed by atoms with E-state index in [4.69, 9.17) is 10.8 Å². The first-order valence-corrected chi connectivity index (χ1v) is 5.58. The zero-order chi connectivity index (χ0) is 13.5. The molecule has 0 aliphatic heterocycles. The van der Waals surface area contributed by atoms with Crippen molar-refractivity contribution in [2.75, 3.05) is 12.3 Å². The fourth-order valence-electron chi connectivity index (χ4n) is 1.55. The summed E-state index contributed by atoms with van der Waals surface area (Å²) in [5.74, 6) is -0.0131. The molecule has 2 unspecified atom stereocenters. The number of aliphatic hydroxyl groups excluding tert-OH is 2. The average Bonchev–Trinajstić information content (AvgIpc) is 2.34. The summed E-state index contributed by atoms with van der Waals surface area (Å²) in [6.45, 7) is 3.37. The van der Waals surface area contributed by atoms with Crippen LogP contribution in [0.3, 0.4) is 0 Å². The minimum absolute atomic E-state index is 0.0515. The van der Waals surface area contributed by atoms with Crippen molar-refractivity contribution >= 4 is 5.82 Å². The van der Waals surface area contributed by atoms with Crippen molar-refractivity contribution in [3.05, 3.63) is 41.1 Å². The van der Waals surface area contributed by atoms with Crippen molar-refractivity contribution in [3.63, 3.8) is 0 Å². The summed E-state index contributed by atoms with van der Waals surface area (Å²) < 4.78 is 1.10. The SMILES string of the molecule is C=C=CC(CO)CCC(O)n1ccc(N)nc1=O. The number of aliphatic hydroxyl groups is 2. The van der Waals surface area contributed by atoms with Gasteiger partial charge in [0.2, 0.25) is 0 Å². The fraction of sp³-hybridized carbons (Fsp3) is 0.417. The van der Waals surface area contributed by atoms with Gasteiger partial charge in [0.25, 0.3) is 0 Å². The molecule has 18 heavy (non-hydrogen) atoms. The lowest BCUT2D eigenvalue weighted by atomic mass is 10.0. The lowest BCUT2D eigenvalue weighted by Gasteiger charge is -2.15. The number of anilines is 1. The molecule has 0 saturated carbocycles. The van der Waals surface area contributed by atoms with Gasteiger partial charge in [-0.2, -0.15) is 4.98 Å². The molecule has 2 atom stereocenters. The van der Waals surface area contributed by atoms with Gasteiger partial charge < -0.3 is 15.9 Å². The molecule has 0 bridgehead atoms. The molecule has 1 aromatic heterocycles. The van der Waals surface area contributed by atoms with E-state index >= 15 is 0 Å². The molecule has 4 N–H and O–H groups in total. The van der Waals surface area contributed by atoms with Crippen LogP contribution >= 0.6 is 0 Å². The summed E-state index contributed by atoms with van der Waals surface area (Å²) in [6.07, 6.45) is 2.87. The molecular formula is C12H17N3O3. The van der Waals surface area contributed by atoms with Crippen molar-refractivity contribution in [1.29, 1.82) is 0 Å². The highest BCUT2D eigenvalue weighted by atomic mass is 16.3. The van der Waals surface area contributed by atoms with Crippen LogP contribution in [0.25, 0.3) is 0 Å². The van der Waals surface area contributed by atoms with Crippen LogP contribution in [-0.2, 0) is 0 Å². The van der Waals surface area contributed by atoms with Gasteiger partial charge in [0.1, 0.15) is 12.0 Å². The van der Waals surface area contributed by atoms with E-state index in [2.05, 4.69) is 17.3 Å². The maximum atomic E-state index is 11.5. The molecule has 0 aliphatic rings. The van der Waals surface area contributed by atoms with Gasteiger partial charge in [-0.15, -0.1) is 5.73 Å². The molecule has 1 rings (SSSR count). The van der Waals surface area contributed by atoms with Gasteiger partial charge in [-0.25, -0.2) is 4.79 Å². The zero-order valence-corrected chi connectivity index (χ0v) is 9.99. The topological polar surface area (TPSA) is 101 Å². The van der Waals surface area contributed by atoms with Crippen LogP contribution in [-0.4, -0.2) is 26.4 Å². The first kappa shape index (κ1) is 14.2. The predicted molar refractivity (Wildman–Crippen MR) is 67.7 cm³/mol. The third-order valence-corrected chi connectivity index (χ3v) is 2.56. The third-order valence-electron chi connectivity index (χ3n) is 2.56. The highest BCUT2D eigenvalue weighted by Gasteiger charge is 2.12. The van der Waals surface area contributed by atoms with Crippen LogP contribution in [0.15, 0.2) is 35.4 Å². The molecule has 0 aliphatic carbocycles. The monoisotopic (exact) mass is 251 g/mol. The number of hydrogen-bond acceptors (Lipinski definition) is 5. The zero-order valence-electron chi connectivity index (χ0n) is 9.99. The standard InChI is InChI=1S/C12H17N3O3/c1-2-3-9(8-16)4-5-11(17)15-7-6-10(13)14-12(15)18/h3,6-7,9,11,16-17H,1,4-5,8H2,(H2,13,14,18). The van der Waals surface area contributed by atoms with Gasteiger partial charge >= 0.3 is 5.69 Å². The first-order chi connectivity index (χ1) is 8.58. The highest BCUT2D eigenvalue weighted by Crippen LogP contribution is 2.14. The van der Waals surface area contributed by atoms with E-state index in [1.54, 1.807) is 6.08 Å². The Morgan fingerprint density at radius 1 is 1.61 bits per heavy atom. The summed E-state index contributed by atoms with van der Waals surface area (Å²) in [5.41, 5.74) is 7.34. The van der Waals surface area contributed by atoms with E-state index in [9.17, 15) is 9.90 Å². The quantitative estimate of drug-likeness (QED) is 0.620. The maximum absolute atomic E-state index is 11.5. The van der Waals surface area contributed by atoms with E-state index in [0.29, 0.717) is 12.8 Å². The average molecular weight is 251 g/mol. The Labute approximate surface area is 105 Å². The Kier molecular flexibility index (Phi) is 5.32. The van der Waals surface area contributed by atoms with Gasteiger partial charge in [-0.1, -0.05) is 6.58 Å². The summed E-state index contributed by atoms with van der Waals surface area (Å²) in [6, 6.07) is 1.44. The van der Waals surface area contributed by atoms with Gasteiger partial charge in [0.05, 0.1) is 0 Å². The lowest BCUT2D eigenvalue weighted by Crippen LogP contribution is -2.27. The van der Waals surface area contributed by atoms with E-state index in [-0.39, 0.29) is 18.3 Å². The lowest BCUT2D eigenvalue weighted by molar-refractivity contribution is 0.0802. The number of nitrogen functional groups attached to an aromatic ring is 1. The minimum atomic E-state index is -0.988. The molecule has 98 valence electrons. The molecule has 0 aromatic carbocycles. The molecule has 6 heteroatoms. The van der Waals surface area contributed by atoms with Gasteiger partial charge in [-0.3, -0.25) is 4.57 Å². The van der Waals surface area contributed by atoms with E-state index in [0.717, 1.165) is 4.57 Å². The van der Waals surface area contributed by atoms with Crippen molar-refractivity contribution < 1.29 is 10.2 Å². The van der Waals surface area contributed by atoms with Crippen LogP contribution in [0.1, 0.15) is 19.1 Å². The van der Waals surface area contributed by atoms with Crippen molar-refractivity contribution in [1.82, 2.24) is 9.55 Å². The van der Waals surface area contributed by atoms with Gasteiger partial charge in [0, 0.05) is 18.7 Å². The number of rotatable bonds is 6. The minimum Gasteiger partial charge on any atom is -0.396 e.